The van der Waals surface area contributed by atoms with Gasteiger partial charge >= 0.3 is 5.97 Å². The van der Waals surface area contributed by atoms with Crippen LogP contribution in [-0.4, -0.2) is 22.3 Å². The van der Waals surface area contributed by atoms with Gasteiger partial charge in [-0.25, -0.2) is 0 Å². The Hall–Kier alpha value is -2.33. The minimum Gasteiger partial charge on any atom is -0.508 e. The third kappa shape index (κ3) is 3.02. The van der Waals surface area contributed by atoms with Gasteiger partial charge in [0.25, 0.3) is 0 Å². The lowest BCUT2D eigenvalue weighted by atomic mass is 9.74. The summed E-state index contributed by atoms with van der Waals surface area (Å²) in [6, 6.07) is 15.1. The van der Waals surface area contributed by atoms with Gasteiger partial charge in [0.05, 0.1) is 12.0 Å². The molecule has 4 heteroatoms. The van der Waals surface area contributed by atoms with Gasteiger partial charge in [0.15, 0.2) is 0 Å². The number of carbonyl (C=O) groups excluding carboxylic acids is 1. The monoisotopic (exact) mass is 338 g/mol. The number of aliphatic hydroxyl groups is 1. The second-order valence-corrected chi connectivity index (χ2v) is 7.17. The summed E-state index contributed by atoms with van der Waals surface area (Å²) in [4.78, 5) is 12.6. The van der Waals surface area contributed by atoms with E-state index in [9.17, 15) is 15.0 Å². The molecule has 1 saturated carbocycles. The van der Waals surface area contributed by atoms with E-state index >= 15 is 0 Å². The van der Waals surface area contributed by atoms with Crippen molar-refractivity contribution in [3.05, 3.63) is 65.2 Å². The van der Waals surface area contributed by atoms with Crippen LogP contribution in [0.1, 0.15) is 23.1 Å². The highest BCUT2D eigenvalue weighted by atomic mass is 16.5. The predicted molar refractivity (Wildman–Crippen MR) is 92.8 cm³/mol. The van der Waals surface area contributed by atoms with E-state index in [1.54, 1.807) is 6.07 Å². The van der Waals surface area contributed by atoms with Crippen molar-refractivity contribution in [3.8, 4) is 5.75 Å². The van der Waals surface area contributed by atoms with Crippen molar-refractivity contribution in [2.24, 2.45) is 17.8 Å². The van der Waals surface area contributed by atoms with Gasteiger partial charge in [0, 0.05) is 0 Å². The highest BCUT2D eigenvalue weighted by Crippen LogP contribution is 2.47. The Balaban J connectivity index is 1.49. The normalized spacial score (nSPS) is 27.4. The Labute approximate surface area is 147 Å². The van der Waals surface area contributed by atoms with Crippen molar-refractivity contribution in [1.82, 2.24) is 0 Å². The molecule has 0 bridgehead atoms. The molecule has 4 atom stereocenters. The topological polar surface area (TPSA) is 66.8 Å². The van der Waals surface area contributed by atoms with E-state index in [1.165, 1.54) is 0 Å². The molecule has 0 saturated heterocycles. The summed E-state index contributed by atoms with van der Waals surface area (Å²) in [5.41, 5.74) is 2.99. The SMILES string of the molecule is O=C(OCc1ccccc1)C1[C@H](O)C[C@@H]2Cc3c(O)cccc3C[C@H]12. The molecule has 0 spiro atoms. The molecule has 0 amide bonds. The van der Waals surface area contributed by atoms with Crippen molar-refractivity contribution in [1.29, 1.82) is 0 Å². The number of hydrogen-bond acceptors (Lipinski definition) is 4. The van der Waals surface area contributed by atoms with Gasteiger partial charge in [0.2, 0.25) is 0 Å². The molecule has 1 unspecified atom stereocenters. The zero-order valence-corrected chi connectivity index (χ0v) is 14.0. The summed E-state index contributed by atoms with van der Waals surface area (Å²) in [6.07, 6.45) is 1.33. The molecule has 4 rings (SSSR count). The first kappa shape index (κ1) is 16.2. The average molecular weight is 338 g/mol. The molecule has 2 aromatic rings. The maximum absolute atomic E-state index is 12.6. The Morgan fingerprint density at radius 2 is 1.88 bits per heavy atom. The first-order chi connectivity index (χ1) is 12.1. The molecule has 4 nitrogen and oxygen atoms in total. The number of phenolic OH excluding ortho intramolecular Hbond substituents is 1. The smallest absolute Gasteiger partial charge is 0.312 e. The Morgan fingerprint density at radius 1 is 1.08 bits per heavy atom. The highest BCUT2D eigenvalue weighted by Gasteiger charge is 2.49. The summed E-state index contributed by atoms with van der Waals surface area (Å²) in [6.45, 7) is 0.234. The number of esters is 1. The predicted octanol–water partition coefficient (Wildman–Crippen LogP) is 2.85. The molecular weight excluding hydrogens is 316 g/mol. The van der Waals surface area contributed by atoms with Crippen molar-refractivity contribution in [2.45, 2.75) is 32.0 Å². The van der Waals surface area contributed by atoms with E-state index in [4.69, 9.17) is 4.74 Å². The van der Waals surface area contributed by atoms with Crippen LogP contribution in [0.4, 0.5) is 0 Å². The van der Waals surface area contributed by atoms with Gasteiger partial charge in [-0.3, -0.25) is 4.79 Å². The molecule has 2 aromatic carbocycles. The van der Waals surface area contributed by atoms with Gasteiger partial charge < -0.3 is 14.9 Å². The summed E-state index contributed by atoms with van der Waals surface area (Å²) in [5.74, 6) is -0.185. The van der Waals surface area contributed by atoms with E-state index in [2.05, 4.69) is 0 Å². The number of fused-ring (bicyclic) bond motifs is 2. The van der Waals surface area contributed by atoms with Crippen molar-refractivity contribution in [2.75, 3.05) is 0 Å². The van der Waals surface area contributed by atoms with Crippen LogP contribution in [0.3, 0.4) is 0 Å². The van der Waals surface area contributed by atoms with Crippen LogP contribution in [0.2, 0.25) is 0 Å². The van der Waals surface area contributed by atoms with Crippen LogP contribution in [0.15, 0.2) is 48.5 Å². The first-order valence-corrected chi connectivity index (χ1v) is 8.82. The molecule has 130 valence electrons. The molecule has 0 aromatic heterocycles. The summed E-state index contributed by atoms with van der Waals surface area (Å²) < 4.78 is 5.49. The Bertz CT molecular complexity index is 771. The number of hydrogen-bond donors (Lipinski definition) is 2. The largest absolute Gasteiger partial charge is 0.508 e. The standard InChI is InChI=1S/C21H22O4/c22-18-8-4-7-14-9-17-15(10-16(14)18)11-19(23)20(17)21(24)25-12-13-5-2-1-3-6-13/h1-8,15,17,19-20,22-23H,9-12H2/t15-,17-,19+,20?/m0/s1. The van der Waals surface area contributed by atoms with Crippen LogP contribution in [0, 0.1) is 17.8 Å². The molecule has 0 aliphatic heterocycles. The minimum atomic E-state index is -0.672. The van der Waals surface area contributed by atoms with E-state index in [-0.39, 0.29) is 24.4 Å². The second kappa shape index (κ2) is 6.52. The van der Waals surface area contributed by atoms with Crippen LogP contribution in [-0.2, 0) is 29.0 Å². The minimum absolute atomic E-state index is 0.0765. The number of aromatic hydroxyl groups is 1. The van der Waals surface area contributed by atoms with E-state index in [0.717, 1.165) is 16.7 Å². The van der Waals surface area contributed by atoms with Crippen LogP contribution in [0.25, 0.3) is 0 Å². The molecule has 2 aliphatic carbocycles. The maximum atomic E-state index is 12.6. The number of benzene rings is 2. The van der Waals surface area contributed by atoms with Crippen LogP contribution in [0.5, 0.6) is 5.75 Å². The van der Waals surface area contributed by atoms with Crippen molar-refractivity contribution >= 4 is 5.97 Å². The van der Waals surface area contributed by atoms with Gasteiger partial charge in [-0.2, -0.15) is 0 Å². The third-order valence-electron chi connectivity index (χ3n) is 5.69. The quantitative estimate of drug-likeness (QED) is 0.845. The highest BCUT2D eigenvalue weighted by molar-refractivity contribution is 5.74. The van der Waals surface area contributed by atoms with Gasteiger partial charge in [0.1, 0.15) is 12.4 Å². The lowest BCUT2D eigenvalue weighted by molar-refractivity contribution is -0.154. The molecule has 0 radical (unpaired) electrons. The third-order valence-corrected chi connectivity index (χ3v) is 5.69. The fourth-order valence-corrected chi connectivity index (χ4v) is 4.46. The number of ether oxygens (including phenoxy) is 1. The molecular formula is C21H22O4. The zero-order valence-electron chi connectivity index (χ0n) is 14.0. The number of rotatable bonds is 3. The van der Waals surface area contributed by atoms with Crippen LogP contribution < -0.4 is 0 Å². The van der Waals surface area contributed by atoms with E-state index < -0.39 is 12.0 Å². The molecule has 2 aliphatic rings. The molecule has 2 N–H and O–H groups in total. The molecule has 25 heavy (non-hydrogen) atoms. The Morgan fingerprint density at radius 3 is 2.68 bits per heavy atom. The van der Waals surface area contributed by atoms with Crippen molar-refractivity contribution < 1.29 is 19.7 Å². The lowest BCUT2D eigenvalue weighted by Crippen LogP contribution is -2.33. The fourth-order valence-electron chi connectivity index (χ4n) is 4.46. The summed E-state index contributed by atoms with van der Waals surface area (Å²) in [5, 5.41) is 20.5. The Kier molecular flexibility index (Phi) is 4.22. The zero-order chi connectivity index (χ0) is 17.4. The van der Waals surface area contributed by atoms with Gasteiger partial charge in [-0.05, 0) is 53.9 Å². The fraction of sp³-hybridized carbons (Fsp3) is 0.381. The van der Waals surface area contributed by atoms with E-state index in [1.807, 2.05) is 42.5 Å². The van der Waals surface area contributed by atoms with Crippen molar-refractivity contribution in [3.63, 3.8) is 0 Å². The second-order valence-electron chi connectivity index (χ2n) is 7.17. The summed E-state index contributed by atoms with van der Waals surface area (Å²) in [7, 11) is 0. The lowest BCUT2D eigenvalue weighted by Gasteiger charge is -2.30. The molecule has 1 fully saturated rings. The number of aliphatic hydroxyl groups excluding tert-OH is 1. The average Bonchev–Trinajstić information content (AvgIpc) is 2.94. The van der Waals surface area contributed by atoms with Gasteiger partial charge in [-0.15, -0.1) is 0 Å². The molecule has 0 heterocycles. The summed E-state index contributed by atoms with van der Waals surface area (Å²) >= 11 is 0. The van der Waals surface area contributed by atoms with Gasteiger partial charge in [-0.1, -0.05) is 42.5 Å². The van der Waals surface area contributed by atoms with E-state index in [0.29, 0.717) is 25.0 Å². The maximum Gasteiger partial charge on any atom is 0.312 e. The first-order valence-electron chi connectivity index (χ1n) is 8.82. The number of phenols is 1. The van der Waals surface area contributed by atoms with Crippen LogP contribution >= 0.6 is 0 Å². The number of carbonyl (C=O) groups is 1.